The minimum atomic E-state index is 0.689. The van der Waals surface area contributed by atoms with Gasteiger partial charge in [0.15, 0.2) is 5.82 Å². The first-order valence-corrected chi connectivity index (χ1v) is 8.33. The van der Waals surface area contributed by atoms with Crippen molar-refractivity contribution < 1.29 is 4.52 Å². The lowest BCUT2D eigenvalue weighted by Gasteiger charge is -2.03. The number of nitrogens with zero attached hydrogens (tertiary/aromatic N) is 2. The maximum Gasteiger partial charge on any atom is 0.240 e. The molecule has 0 saturated carbocycles. The topological polar surface area (TPSA) is 51.0 Å². The summed E-state index contributed by atoms with van der Waals surface area (Å²) < 4.78 is 5.04. The van der Waals surface area contributed by atoms with Crippen LogP contribution in [0.25, 0.3) is 0 Å². The first-order chi connectivity index (χ1) is 9.83. The standard InChI is InChI=1S/C16H31N3O/c1-3-4-5-6-7-8-9-10-11-12-13-17-14-16-18-15(2)19-20-16/h17H,3-14H2,1-2H3. The Morgan fingerprint density at radius 2 is 1.50 bits per heavy atom. The van der Waals surface area contributed by atoms with Crippen molar-refractivity contribution in [2.75, 3.05) is 6.54 Å². The van der Waals surface area contributed by atoms with Gasteiger partial charge in [-0.2, -0.15) is 4.98 Å². The van der Waals surface area contributed by atoms with Gasteiger partial charge in [-0.05, 0) is 19.9 Å². The molecule has 1 aromatic heterocycles. The van der Waals surface area contributed by atoms with Gasteiger partial charge in [0, 0.05) is 0 Å². The molecule has 1 heterocycles. The zero-order chi connectivity index (χ0) is 14.5. The Hall–Kier alpha value is -0.900. The molecule has 1 rings (SSSR count). The molecular formula is C16H31N3O. The van der Waals surface area contributed by atoms with E-state index in [1.807, 2.05) is 6.92 Å². The lowest BCUT2D eigenvalue weighted by molar-refractivity contribution is 0.363. The highest BCUT2D eigenvalue weighted by Gasteiger charge is 2.00. The van der Waals surface area contributed by atoms with Crippen LogP contribution >= 0.6 is 0 Å². The Bertz CT molecular complexity index is 325. The van der Waals surface area contributed by atoms with Gasteiger partial charge in [-0.3, -0.25) is 0 Å². The number of nitrogens with one attached hydrogen (secondary N) is 1. The lowest BCUT2D eigenvalue weighted by atomic mass is 10.1. The van der Waals surface area contributed by atoms with Crippen molar-refractivity contribution in [2.45, 2.75) is 84.6 Å². The third-order valence-corrected chi connectivity index (χ3v) is 3.55. The van der Waals surface area contributed by atoms with Crippen LogP contribution in [0, 0.1) is 6.92 Å². The minimum absolute atomic E-state index is 0.689. The Balaban J connectivity index is 1.76. The summed E-state index contributed by atoms with van der Waals surface area (Å²) in [6.07, 6.45) is 13.8. The highest BCUT2D eigenvalue weighted by molar-refractivity contribution is 4.81. The van der Waals surface area contributed by atoms with E-state index in [9.17, 15) is 0 Å². The van der Waals surface area contributed by atoms with E-state index in [1.54, 1.807) is 0 Å². The average molecular weight is 281 g/mol. The molecule has 0 unspecified atom stereocenters. The second kappa shape index (κ2) is 11.9. The summed E-state index contributed by atoms with van der Waals surface area (Å²) in [5, 5.41) is 7.11. The maximum absolute atomic E-state index is 5.04. The number of rotatable bonds is 13. The molecule has 20 heavy (non-hydrogen) atoms. The van der Waals surface area contributed by atoms with Gasteiger partial charge in [-0.15, -0.1) is 0 Å². The number of unbranched alkanes of at least 4 members (excludes halogenated alkanes) is 9. The van der Waals surface area contributed by atoms with E-state index in [2.05, 4.69) is 22.4 Å². The van der Waals surface area contributed by atoms with Crippen molar-refractivity contribution in [3.05, 3.63) is 11.7 Å². The normalized spacial score (nSPS) is 11.1. The molecule has 0 saturated heterocycles. The van der Waals surface area contributed by atoms with Crippen molar-refractivity contribution in [1.82, 2.24) is 15.5 Å². The van der Waals surface area contributed by atoms with E-state index < -0.39 is 0 Å². The smallest absolute Gasteiger partial charge is 0.240 e. The van der Waals surface area contributed by atoms with E-state index in [-0.39, 0.29) is 0 Å². The van der Waals surface area contributed by atoms with Crippen LogP contribution in [-0.2, 0) is 6.54 Å². The SMILES string of the molecule is CCCCCCCCCCCCNCc1nc(C)no1. The second-order valence-corrected chi connectivity index (χ2v) is 5.59. The fourth-order valence-corrected chi connectivity index (χ4v) is 2.34. The van der Waals surface area contributed by atoms with Gasteiger partial charge in [-0.1, -0.05) is 69.9 Å². The third kappa shape index (κ3) is 9.08. The molecule has 4 heteroatoms. The van der Waals surface area contributed by atoms with Gasteiger partial charge < -0.3 is 9.84 Å². The summed E-state index contributed by atoms with van der Waals surface area (Å²) in [6.45, 7) is 5.85. The summed E-state index contributed by atoms with van der Waals surface area (Å²) in [7, 11) is 0. The molecule has 0 aliphatic carbocycles. The Morgan fingerprint density at radius 3 is 2.05 bits per heavy atom. The van der Waals surface area contributed by atoms with Gasteiger partial charge in [-0.25, -0.2) is 0 Å². The number of aryl methyl sites for hydroxylation is 1. The van der Waals surface area contributed by atoms with Crippen molar-refractivity contribution in [1.29, 1.82) is 0 Å². The molecule has 0 aliphatic heterocycles. The Kier molecular flexibility index (Phi) is 10.2. The van der Waals surface area contributed by atoms with Gasteiger partial charge in [0.25, 0.3) is 0 Å². The van der Waals surface area contributed by atoms with Crippen molar-refractivity contribution in [3.63, 3.8) is 0 Å². The predicted molar refractivity (Wildman–Crippen MR) is 82.6 cm³/mol. The highest BCUT2D eigenvalue weighted by Crippen LogP contribution is 2.10. The molecule has 0 aromatic carbocycles. The molecule has 4 nitrogen and oxygen atoms in total. The molecule has 1 aromatic rings. The van der Waals surface area contributed by atoms with Crippen LogP contribution in [0.4, 0.5) is 0 Å². The van der Waals surface area contributed by atoms with Crippen LogP contribution in [0.5, 0.6) is 0 Å². The zero-order valence-electron chi connectivity index (χ0n) is 13.3. The molecule has 1 N–H and O–H groups in total. The van der Waals surface area contributed by atoms with Crippen LogP contribution in [-0.4, -0.2) is 16.7 Å². The predicted octanol–water partition coefficient (Wildman–Crippen LogP) is 4.39. The summed E-state index contributed by atoms with van der Waals surface area (Å²) in [5.41, 5.74) is 0. The first kappa shape index (κ1) is 17.2. The fraction of sp³-hybridized carbons (Fsp3) is 0.875. The van der Waals surface area contributed by atoms with Crippen LogP contribution in [0.1, 0.15) is 82.8 Å². The van der Waals surface area contributed by atoms with Gasteiger partial charge in [0.2, 0.25) is 5.89 Å². The Morgan fingerprint density at radius 1 is 0.900 bits per heavy atom. The number of aromatic nitrogens is 2. The second-order valence-electron chi connectivity index (χ2n) is 5.59. The van der Waals surface area contributed by atoms with Crippen LogP contribution in [0.2, 0.25) is 0 Å². The van der Waals surface area contributed by atoms with Crippen LogP contribution in [0.3, 0.4) is 0 Å². The summed E-state index contributed by atoms with van der Waals surface area (Å²) in [5.74, 6) is 1.40. The lowest BCUT2D eigenvalue weighted by Crippen LogP contribution is -2.14. The highest BCUT2D eigenvalue weighted by atomic mass is 16.5. The molecule has 0 amide bonds. The minimum Gasteiger partial charge on any atom is -0.338 e. The largest absolute Gasteiger partial charge is 0.338 e. The molecule has 116 valence electrons. The van der Waals surface area contributed by atoms with Gasteiger partial charge >= 0.3 is 0 Å². The van der Waals surface area contributed by atoms with E-state index in [1.165, 1.54) is 64.2 Å². The van der Waals surface area contributed by atoms with Gasteiger partial charge in [0.1, 0.15) is 0 Å². The average Bonchev–Trinajstić information content (AvgIpc) is 2.86. The monoisotopic (exact) mass is 281 g/mol. The van der Waals surface area contributed by atoms with E-state index >= 15 is 0 Å². The zero-order valence-corrected chi connectivity index (χ0v) is 13.3. The van der Waals surface area contributed by atoms with Crippen molar-refractivity contribution in [3.8, 4) is 0 Å². The fourth-order valence-electron chi connectivity index (χ4n) is 2.34. The number of hydrogen-bond donors (Lipinski definition) is 1. The molecule has 0 radical (unpaired) electrons. The van der Waals surface area contributed by atoms with E-state index in [4.69, 9.17) is 4.52 Å². The Labute approximate surface area is 123 Å². The van der Waals surface area contributed by atoms with Crippen molar-refractivity contribution in [2.24, 2.45) is 0 Å². The molecule has 0 bridgehead atoms. The molecule has 0 spiro atoms. The van der Waals surface area contributed by atoms with Crippen LogP contribution < -0.4 is 5.32 Å². The summed E-state index contributed by atoms with van der Waals surface area (Å²) >= 11 is 0. The molecule has 0 fully saturated rings. The van der Waals surface area contributed by atoms with E-state index in [0.29, 0.717) is 18.3 Å². The number of hydrogen-bond acceptors (Lipinski definition) is 4. The van der Waals surface area contributed by atoms with E-state index in [0.717, 1.165) is 6.54 Å². The quantitative estimate of drug-likeness (QED) is 0.545. The molecule has 0 atom stereocenters. The summed E-state index contributed by atoms with van der Waals surface area (Å²) in [6, 6.07) is 0. The molecular weight excluding hydrogens is 250 g/mol. The van der Waals surface area contributed by atoms with Gasteiger partial charge in [0.05, 0.1) is 6.54 Å². The van der Waals surface area contributed by atoms with Crippen molar-refractivity contribution >= 4 is 0 Å². The first-order valence-electron chi connectivity index (χ1n) is 8.33. The third-order valence-electron chi connectivity index (χ3n) is 3.55. The van der Waals surface area contributed by atoms with Crippen LogP contribution in [0.15, 0.2) is 4.52 Å². The maximum atomic E-state index is 5.04. The summed E-state index contributed by atoms with van der Waals surface area (Å²) in [4.78, 5) is 4.16. The molecule has 0 aliphatic rings.